The Balaban J connectivity index is 2.05. The first-order valence-corrected chi connectivity index (χ1v) is 11.7. The lowest BCUT2D eigenvalue weighted by molar-refractivity contribution is -0.138. The Morgan fingerprint density at radius 3 is 2.48 bits per heavy atom. The molecule has 2 aromatic carbocycles. The third-order valence-electron chi connectivity index (χ3n) is 4.46. The van der Waals surface area contributed by atoms with E-state index in [0.29, 0.717) is 38.6 Å². The lowest BCUT2D eigenvalue weighted by Gasteiger charge is -2.11. The van der Waals surface area contributed by atoms with Gasteiger partial charge in [0.05, 0.1) is 25.2 Å². The fourth-order valence-electron chi connectivity index (χ4n) is 2.96. The number of aliphatic hydroxyl groups excluding tert-OH is 1. The number of carbonyl (C=O) groups excluding carboxylic acids is 2. The maximum absolute atomic E-state index is 12.6. The van der Waals surface area contributed by atoms with Crippen molar-refractivity contribution in [1.82, 2.24) is 0 Å². The predicted molar refractivity (Wildman–Crippen MR) is 132 cm³/mol. The fraction of sp³-hybridized carbons (Fsp3) is 0.208. The van der Waals surface area contributed by atoms with Crippen molar-refractivity contribution >= 4 is 50.7 Å². The molecule has 1 aliphatic heterocycles. The molecule has 1 amide bonds. The molecular weight excluding hydrogens is 510 g/mol. The molecule has 7 nitrogen and oxygen atoms in total. The van der Waals surface area contributed by atoms with Gasteiger partial charge >= 0.3 is 5.97 Å². The molecule has 0 aromatic heterocycles. The monoisotopic (exact) mass is 531 g/mol. The molecule has 0 bridgehead atoms. The molecule has 0 radical (unpaired) electrons. The number of amides is 1. The summed E-state index contributed by atoms with van der Waals surface area (Å²) in [7, 11) is 1.53. The number of methoxy groups -OCH3 is 1. The molecular formula is C24H22BrNO6S. The summed E-state index contributed by atoms with van der Waals surface area (Å²) in [4.78, 5) is 29.6. The van der Waals surface area contributed by atoms with Crippen molar-refractivity contribution in [3.05, 3.63) is 74.3 Å². The second-order valence-corrected chi connectivity index (χ2v) is 8.49. The van der Waals surface area contributed by atoms with Crippen LogP contribution in [0.3, 0.4) is 0 Å². The number of thioether (sulfide) groups is 1. The number of hydrogen-bond donors (Lipinski definition) is 1. The van der Waals surface area contributed by atoms with E-state index < -0.39 is 11.9 Å². The summed E-state index contributed by atoms with van der Waals surface area (Å²) >= 11 is 4.51. The van der Waals surface area contributed by atoms with Crippen molar-refractivity contribution in [2.75, 3.05) is 20.3 Å². The average Bonchev–Trinajstić information content (AvgIpc) is 3.10. The molecule has 1 aliphatic rings. The van der Waals surface area contributed by atoms with Crippen LogP contribution in [0, 0.1) is 0 Å². The van der Waals surface area contributed by atoms with Gasteiger partial charge in [-0.15, -0.1) is 0 Å². The zero-order valence-corrected chi connectivity index (χ0v) is 20.7. The first kappa shape index (κ1) is 24.6. The van der Waals surface area contributed by atoms with E-state index >= 15 is 0 Å². The molecule has 0 fully saturated rings. The van der Waals surface area contributed by atoms with Crippen molar-refractivity contribution in [3.63, 3.8) is 0 Å². The number of hydrogen-bond acceptors (Lipinski definition) is 7. The Hall–Kier alpha value is -3.04. The van der Waals surface area contributed by atoms with Gasteiger partial charge in [-0.2, -0.15) is 0 Å². The summed E-state index contributed by atoms with van der Waals surface area (Å²) in [5, 5.41) is 10.9. The van der Waals surface area contributed by atoms with E-state index in [1.54, 1.807) is 55.5 Å². The second-order valence-electron chi connectivity index (χ2n) is 6.60. The number of esters is 1. The summed E-state index contributed by atoms with van der Waals surface area (Å²) in [6, 6.07) is 12.0. The minimum Gasteiger partial charge on any atom is -0.506 e. The smallest absolute Gasteiger partial charge is 0.344 e. The normalized spacial score (nSPS) is 15.8. The van der Waals surface area contributed by atoms with Gasteiger partial charge in [-0.05, 0) is 49.8 Å². The van der Waals surface area contributed by atoms with Crippen LogP contribution in [0.15, 0.2) is 68.2 Å². The summed E-state index contributed by atoms with van der Waals surface area (Å²) in [6.45, 7) is 4.11. The Bertz CT molecular complexity index is 1160. The van der Waals surface area contributed by atoms with Gasteiger partial charge < -0.3 is 19.3 Å². The fourth-order valence-corrected chi connectivity index (χ4v) is 4.40. The zero-order chi connectivity index (χ0) is 24.0. The number of halogens is 1. The van der Waals surface area contributed by atoms with Crippen molar-refractivity contribution < 1.29 is 28.9 Å². The molecule has 0 spiro atoms. The number of rotatable bonds is 7. The average molecular weight is 532 g/mol. The number of carbonyl (C=O) groups is 2. The molecule has 33 heavy (non-hydrogen) atoms. The Kier molecular flexibility index (Phi) is 8.35. The van der Waals surface area contributed by atoms with Crippen LogP contribution in [0.5, 0.6) is 11.5 Å². The van der Waals surface area contributed by atoms with E-state index in [4.69, 9.17) is 14.2 Å². The second kappa shape index (κ2) is 11.2. The third kappa shape index (κ3) is 5.66. The van der Waals surface area contributed by atoms with E-state index in [-0.39, 0.29) is 23.0 Å². The SMILES string of the molecule is CCOC(=O)C1=C(O)/C(=C/c2cc(OC)c(OCC)cc2Br)SC1=NC(=O)c1ccccc1. The zero-order valence-electron chi connectivity index (χ0n) is 18.3. The first-order valence-electron chi connectivity index (χ1n) is 10.1. The molecule has 1 N–H and O–H groups in total. The molecule has 0 atom stereocenters. The van der Waals surface area contributed by atoms with Gasteiger partial charge in [0.1, 0.15) is 16.4 Å². The van der Waals surface area contributed by atoms with Gasteiger partial charge in [-0.1, -0.05) is 45.9 Å². The highest BCUT2D eigenvalue weighted by Gasteiger charge is 2.34. The van der Waals surface area contributed by atoms with Crippen LogP contribution in [0.2, 0.25) is 0 Å². The van der Waals surface area contributed by atoms with Crippen LogP contribution < -0.4 is 9.47 Å². The van der Waals surface area contributed by atoms with Gasteiger partial charge in [0.25, 0.3) is 5.91 Å². The van der Waals surface area contributed by atoms with Crippen molar-refractivity contribution in [1.29, 1.82) is 0 Å². The van der Waals surface area contributed by atoms with E-state index in [1.165, 1.54) is 7.11 Å². The maximum atomic E-state index is 12.6. The van der Waals surface area contributed by atoms with E-state index in [9.17, 15) is 14.7 Å². The van der Waals surface area contributed by atoms with Gasteiger partial charge in [0.15, 0.2) is 11.5 Å². The van der Waals surface area contributed by atoms with Crippen LogP contribution in [-0.2, 0) is 9.53 Å². The number of nitrogens with zero attached hydrogens (tertiary/aromatic N) is 1. The van der Waals surface area contributed by atoms with Crippen LogP contribution in [0.4, 0.5) is 0 Å². The minimum absolute atomic E-state index is 0.0695. The summed E-state index contributed by atoms with van der Waals surface area (Å²) < 4.78 is 16.7. The van der Waals surface area contributed by atoms with Crippen LogP contribution >= 0.6 is 27.7 Å². The molecule has 0 saturated heterocycles. The van der Waals surface area contributed by atoms with Gasteiger partial charge in [-0.3, -0.25) is 4.79 Å². The Morgan fingerprint density at radius 1 is 1.12 bits per heavy atom. The predicted octanol–water partition coefficient (Wildman–Crippen LogP) is 5.56. The molecule has 0 saturated carbocycles. The molecule has 1 heterocycles. The molecule has 0 unspecified atom stereocenters. The lowest BCUT2D eigenvalue weighted by Crippen LogP contribution is -2.14. The van der Waals surface area contributed by atoms with Crippen molar-refractivity contribution in [3.8, 4) is 11.5 Å². The highest BCUT2D eigenvalue weighted by molar-refractivity contribution is 9.10. The van der Waals surface area contributed by atoms with E-state index in [1.807, 2.05) is 6.92 Å². The standard InChI is InChI=1S/C24H22BrNO6S/c1-4-31-18-13-16(25)15(11-17(18)30-3)12-19-21(27)20(24(29)32-5-2)23(33-19)26-22(28)14-9-7-6-8-10-14/h6-13,27H,4-5H2,1-3H3/b19-12-,26-23?. The molecule has 172 valence electrons. The Labute approximate surface area is 204 Å². The highest BCUT2D eigenvalue weighted by atomic mass is 79.9. The van der Waals surface area contributed by atoms with Crippen LogP contribution in [0.1, 0.15) is 29.8 Å². The summed E-state index contributed by atoms with van der Waals surface area (Å²) in [5.74, 6) is -0.516. The topological polar surface area (TPSA) is 94.4 Å². The quantitative estimate of drug-likeness (QED) is 0.467. The van der Waals surface area contributed by atoms with Gasteiger partial charge in [0.2, 0.25) is 0 Å². The van der Waals surface area contributed by atoms with E-state index in [2.05, 4.69) is 20.9 Å². The Morgan fingerprint density at radius 2 is 1.85 bits per heavy atom. The maximum Gasteiger partial charge on any atom is 0.344 e. The number of ether oxygens (including phenoxy) is 3. The molecule has 9 heteroatoms. The third-order valence-corrected chi connectivity index (χ3v) is 6.17. The minimum atomic E-state index is -0.756. The van der Waals surface area contributed by atoms with Crippen LogP contribution in [-0.4, -0.2) is 42.4 Å². The van der Waals surface area contributed by atoms with Gasteiger partial charge in [0, 0.05) is 10.0 Å². The molecule has 3 rings (SSSR count). The summed E-state index contributed by atoms with van der Waals surface area (Å²) in [5.41, 5.74) is 0.888. The van der Waals surface area contributed by atoms with Gasteiger partial charge in [-0.25, -0.2) is 9.79 Å². The van der Waals surface area contributed by atoms with E-state index in [0.717, 1.165) is 11.8 Å². The molecule has 2 aromatic rings. The van der Waals surface area contributed by atoms with Crippen molar-refractivity contribution in [2.24, 2.45) is 4.99 Å². The molecule has 0 aliphatic carbocycles. The number of benzene rings is 2. The highest BCUT2D eigenvalue weighted by Crippen LogP contribution is 2.41. The largest absolute Gasteiger partial charge is 0.506 e. The summed E-state index contributed by atoms with van der Waals surface area (Å²) in [6.07, 6.45) is 1.66. The number of aliphatic imine (C=N–C) groups is 1. The first-order chi connectivity index (χ1) is 15.9. The lowest BCUT2D eigenvalue weighted by atomic mass is 10.1. The number of aliphatic hydroxyl groups is 1. The van der Waals surface area contributed by atoms with Crippen LogP contribution in [0.25, 0.3) is 6.08 Å². The van der Waals surface area contributed by atoms with Crippen molar-refractivity contribution in [2.45, 2.75) is 13.8 Å².